The molecule has 1 fully saturated rings. The second-order valence-electron chi connectivity index (χ2n) is 5.88. The van der Waals surface area contributed by atoms with E-state index in [9.17, 15) is 4.79 Å². The van der Waals surface area contributed by atoms with Gasteiger partial charge in [-0.1, -0.05) is 24.3 Å². The molecule has 1 aliphatic rings. The van der Waals surface area contributed by atoms with Crippen LogP contribution in [0.4, 0.5) is 0 Å². The van der Waals surface area contributed by atoms with E-state index in [4.69, 9.17) is 9.47 Å². The quantitative estimate of drug-likeness (QED) is 0.848. The van der Waals surface area contributed by atoms with E-state index in [0.717, 1.165) is 12.8 Å². The molecule has 5 nitrogen and oxygen atoms in total. The molecule has 1 aromatic heterocycles. The minimum atomic E-state index is -0.486. The van der Waals surface area contributed by atoms with E-state index < -0.39 is 6.10 Å². The molecule has 2 aromatic rings. The highest BCUT2D eigenvalue weighted by Gasteiger charge is 2.27. The number of nitrogens with zero attached hydrogens (tertiary/aromatic N) is 2. The van der Waals surface area contributed by atoms with Gasteiger partial charge in [0.25, 0.3) is 5.91 Å². The number of piperidine rings is 1. The molecule has 0 N–H and O–H groups in total. The van der Waals surface area contributed by atoms with Crippen molar-refractivity contribution < 1.29 is 14.3 Å². The Kier molecular flexibility index (Phi) is 5.31. The molecule has 0 radical (unpaired) electrons. The minimum absolute atomic E-state index is 0.0233. The van der Waals surface area contributed by atoms with E-state index in [1.165, 1.54) is 0 Å². The van der Waals surface area contributed by atoms with Gasteiger partial charge in [-0.15, -0.1) is 0 Å². The van der Waals surface area contributed by atoms with Crippen molar-refractivity contribution in [3.63, 3.8) is 0 Å². The Morgan fingerprint density at radius 3 is 2.50 bits per heavy atom. The van der Waals surface area contributed by atoms with Crippen LogP contribution in [0.5, 0.6) is 11.6 Å². The van der Waals surface area contributed by atoms with Crippen LogP contribution in [0, 0.1) is 0 Å². The third-order valence-corrected chi connectivity index (χ3v) is 4.08. The molecule has 24 heavy (non-hydrogen) atoms. The van der Waals surface area contributed by atoms with Crippen LogP contribution in [-0.2, 0) is 4.79 Å². The summed E-state index contributed by atoms with van der Waals surface area (Å²) in [6.07, 6.45) is 2.95. The Labute approximate surface area is 142 Å². The molecule has 1 atom stereocenters. The van der Waals surface area contributed by atoms with Gasteiger partial charge in [0.1, 0.15) is 11.9 Å². The number of pyridine rings is 1. The van der Waals surface area contributed by atoms with Crippen LogP contribution in [0.15, 0.2) is 54.7 Å². The summed E-state index contributed by atoms with van der Waals surface area (Å²) in [6.45, 7) is 3.16. The number of carbonyl (C=O) groups excluding carboxylic acids is 1. The second-order valence-corrected chi connectivity index (χ2v) is 5.88. The molecule has 0 saturated carbocycles. The fourth-order valence-electron chi connectivity index (χ4n) is 2.79. The summed E-state index contributed by atoms with van der Waals surface area (Å²) in [5, 5.41) is 0. The zero-order chi connectivity index (χ0) is 16.8. The number of amides is 1. The third kappa shape index (κ3) is 4.25. The Bertz CT molecular complexity index is 640. The Morgan fingerprint density at radius 2 is 1.83 bits per heavy atom. The summed E-state index contributed by atoms with van der Waals surface area (Å²) < 4.78 is 11.6. The smallest absolute Gasteiger partial charge is 0.263 e. The standard InChI is InChI=1S/C19H22N2O3/c1-15(23-16-7-3-2-4-8-16)19(22)21-13-10-17(11-14-21)24-18-9-5-6-12-20-18/h2-9,12,15,17H,10-11,13-14H2,1H3/t15-/m0/s1. The highest BCUT2D eigenvalue weighted by atomic mass is 16.5. The normalized spacial score (nSPS) is 16.5. The van der Waals surface area contributed by atoms with Gasteiger partial charge in [-0.2, -0.15) is 0 Å². The van der Waals surface area contributed by atoms with Gasteiger partial charge in [-0.05, 0) is 25.1 Å². The molecular formula is C19H22N2O3. The Morgan fingerprint density at radius 1 is 1.12 bits per heavy atom. The predicted molar refractivity (Wildman–Crippen MR) is 91.0 cm³/mol. The van der Waals surface area contributed by atoms with Crippen molar-refractivity contribution in [2.75, 3.05) is 13.1 Å². The van der Waals surface area contributed by atoms with E-state index in [-0.39, 0.29) is 12.0 Å². The summed E-state index contributed by atoms with van der Waals surface area (Å²) in [6, 6.07) is 15.1. The van der Waals surface area contributed by atoms with Crippen molar-refractivity contribution in [1.82, 2.24) is 9.88 Å². The predicted octanol–water partition coefficient (Wildman–Crippen LogP) is 2.92. The van der Waals surface area contributed by atoms with Gasteiger partial charge < -0.3 is 14.4 Å². The van der Waals surface area contributed by atoms with Crippen molar-refractivity contribution >= 4 is 5.91 Å². The summed E-state index contributed by atoms with van der Waals surface area (Å²) in [7, 11) is 0. The van der Waals surface area contributed by atoms with Crippen LogP contribution in [0.25, 0.3) is 0 Å². The van der Waals surface area contributed by atoms with Crippen molar-refractivity contribution in [2.45, 2.75) is 32.0 Å². The van der Waals surface area contributed by atoms with Gasteiger partial charge >= 0.3 is 0 Å². The minimum Gasteiger partial charge on any atom is -0.481 e. The number of carbonyl (C=O) groups is 1. The lowest BCUT2D eigenvalue weighted by molar-refractivity contribution is -0.139. The molecular weight excluding hydrogens is 304 g/mol. The first-order valence-electron chi connectivity index (χ1n) is 8.30. The van der Waals surface area contributed by atoms with E-state index in [0.29, 0.717) is 24.7 Å². The van der Waals surface area contributed by atoms with Gasteiger partial charge in [0.2, 0.25) is 5.88 Å². The molecule has 1 aromatic carbocycles. The Balaban J connectivity index is 1.48. The zero-order valence-corrected chi connectivity index (χ0v) is 13.8. The average Bonchev–Trinajstić information content (AvgIpc) is 2.63. The molecule has 126 valence electrons. The van der Waals surface area contributed by atoms with E-state index in [2.05, 4.69) is 4.98 Å². The molecule has 1 amide bonds. The van der Waals surface area contributed by atoms with Gasteiger partial charge in [0.05, 0.1) is 0 Å². The monoisotopic (exact) mass is 326 g/mol. The number of hydrogen-bond donors (Lipinski definition) is 0. The van der Waals surface area contributed by atoms with Gasteiger partial charge in [0.15, 0.2) is 6.10 Å². The van der Waals surface area contributed by atoms with Crippen LogP contribution in [0.2, 0.25) is 0 Å². The van der Waals surface area contributed by atoms with Crippen molar-refractivity contribution in [3.05, 3.63) is 54.7 Å². The summed E-state index contributed by atoms with van der Waals surface area (Å²) >= 11 is 0. The second kappa shape index (κ2) is 7.81. The number of hydrogen-bond acceptors (Lipinski definition) is 4. The molecule has 0 unspecified atom stereocenters. The molecule has 2 heterocycles. The highest BCUT2D eigenvalue weighted by Crippen LogP contribution is 2.18. The van der Waals surface area contributed by atoms with Crippen molar-refractivity contribution in [3.8, 4) is 11.6 Å². The summed E-state index contributed by atoms with van der Waals surface area (Å²) in [5.41, 5.74) is 0. The number of ether oxygens (including phenoxy) is 2. The maximum absolute atomic E-state index is 12.5. The van der Waals surface area contributed by atoms with Gasteiger partial charge in [0, 0.05) is 38.2 Å². The highest BCUT2D eigenvalue weighted by molar-refractivity contribution is 5.81. The fraction of sp³-hybridized carbons (Fsp3) is 0.368. The lowest BCUT2D eigenvalue weighted by Gasteiger charge is -2.33. The summed E-state index contributed by atoms with van der Waals surface area (Å²) in [4.78, 5) is 18.5. The van der Waals surface area contributed by atoms with Gasteiger partial charge in [-0.25, -0.2) is 4.98 Å². The van der Waals surface area contributed by atoms with Crippen LogP contribution >= 0.6 is 0 Å². The number of aromatic nitrogens is 1. The topological polar surface area (TPSA) is 51.7 Å². The SMILES string of the molecule is C[C@H](Oc1ccccc1)C(=O)N1CCC(Oc2ccccn2)CC1. The number of benzene rings is 1. The third-order valence-electron chi connectivity index (χ3n) is 4.08. The largest absolute Gasteiger partial charge is 0.481 e. The van der Waals surface area contributed by atoms with E-state index >= 15 is 0 Å². The molecule has 3 rings (SSSR count). The first kappa shape index (κ1) is 16.3. The molecule has 0 bridgehead atoms. The van der Waals surface area contributed by atoms with Crippen LogP contribution in [0.3, 0.4) is 0 Å². The number of rotatable bonds is 5. The number of para-hydroxylation sites is 1. The van der Waals surface area contributed by atoms with Crippen LogP contribution < -0.4 is 9.47 Å². The average molecular weight is 326 g/mol. The summed E-state index contributed by atoms with van der Waals surface area (Å²) in [5.74, 6) is 1.38. The van der Waals surface area contributed by atoms with Crippen LogP contribution in [-0.4, -0.2) is 41.1 Å². The van der Waals surface area contributed by atoms with E-state index in [1.54, 1.807) is 13.1 Å². The zero-order valence-electron chi connectivity index (χ0n) is 13.8. The lowest BCUT2D eigenvalue weighted by Crippen LogP contribution is -2.46. The molecule has 0 aliphatic carbocycles. The van der Waals surface area contributed by atoms with E-state index in [1.807, 2.05) is 53.4 Å². The maximum Gasteiger partial charge on any atom is 0.263 e. The maximum atomic E-state index is 12.5. The Hall–Kier alpha value is -2.56. The molecule has 0 spiro atoms. The molecule has 5 heteroatoms. The first-order valence-corrected chi connectivity index (χ1v) is 8.30. The lowest BCUT2D eigenvalue weighted by atomic mass is 10.1. The van der Waals surface area contributed by atoms with Crippen LogP contribution in [0.1, 0.15) is 19.8 Å². The van der Waals surface area contributed by atoms with Crippen molar-refractivity contribution in [1.29, 1.82) is 0 Å². The van der Waals surface area contributed by atoms with Crippen molar-refractivity contribution in [2.24, 2.45) is 0 Å². The number of likely N-dealkylation sites (tertiary alicyclic amines) is 1. The first-order chi connectivity index (χ1) is 11.7. The molecule has 1 aliphatic heterocycles. The fourth-order valence-corrected chi connectivity index (χ4v) is 2.79. The molecule has 1 saturated heterocycles. The van der Waals surface area contributed by atoms with Gasteiger partial charge in [-0.3, -0.25) is 4.79 Å².